The van der Waals surface area contributed by atoms with Crippen LogP contribution >= 0.6 is 0 Å². The maximum Gasteiger partial charge on any atom is 0.319 e. The summed E-state index contributed by atoms with van der Waals surface area (Å²) in [5.74, 6) is 0.112. The molecule has 0 aromatic carbocycles. The van der Waals surface area contributed by atoms with E-state index in [1.54, 1.807) is 0 Å². The average Bonchev–Trinajstić information content (AvgIpc) is 3.36. The molecule has 0 radical (unpaired) electrons. The molecule has 3 amide bonds. The van der Waals surface area contributed by atoms with Gasteiger partial charge in [-0.05, 0) is 39.0 Å². The van der Waals surface area contributed by atoms with Crippen LogP contribution in [0.5, 0.6) is 0 Å². The van der Waals surface area contributed by atoms with Crippen molar-refractivity contribution in [1.82, 2.24) is 19.0 Å². The molecule has 0 aliphatic carbocycles. The number of nitrogens with zero attached hydrogens (tertiary/aromatic N) is 4. The predicted octanol–water partition coefficient (Wildman–Crippen LogP) is 0.798. The zero-order chi connectivity index (χ0) is 20.2. The van der Waals surface area contributed by atoms with E-state index in [1.807, 2.05) is 21.6 Å². The molecule has 0 bridgehead atoms. The number of hydrogen-bond acceptors (Lipinski definition) is 4. The van der Waals surface area contributed by atoms with Crippen molar-refractivity contribution in [1.29, 1.82) is 0 Å². The Bertz CT molecular complexity index is 756. The number of fused-ring (bicyclic) bond motifs is 1. The fourth-order valence-electron chi connectivity index (χ4n) is 5.90. The Morgan fingerprint density at radius 2 is 1.57 bits per heavy atom. The number of sulfonamides is 1. The number of likely N-dealkylation sites (tertiary alicyclic amines) is 3. The fourth-order valence-corrected chi connectivity index (χ4v) is 6.83. The Morgan fingerprint density at radius 3 is 2.11 bits per heavy atom. The third-order valence-corrected chi connectivity index (χ3v) is 8.86. The Hall–Kier alpha value is -1.35. The minimum Gasteiger partial charge on any atom is -0.342 e. The van der Waals surface area contributed by atoms with Crippen LogP contribution < -0.4 is 0 Å². The number of piperidine rings is 1. The van der Waals surface area contributed by atoms with Crippen LogP contribution in [-0.2, 0) is 14.8 Å². The van der Waals surface area contributed by atoms with Gasteiger partial charge >= 0.3 is 6.03 Å². The maximum absolute atomic E-state index is 13.3. The summed E-state index contributed by atoms with van der Waals surface area (Å²) in [6, 6.07) is 0.104. The van der Waals surface area contributed by atoms with Crippen molar-refractivity contribution in [3.05, 3.63) is 0 Å². The highest BCUT2D eigenvalue weighted by Gasteiger charge is 2.66. The van der Waals surface area contributed by atoms with Gasteiger partial charge in [0.2, 0.25) is 15.9 Å². The van der Waals surface area contributed by atoms with E-state index < -0.39 is 15.4 Å². The van der Waals surface area contributed by atoms with Crippen LogP contribution in [0.25, 0.3) is 0 Å². The number of rotatable bonds is 2. The molecule has 4 rings (SSSR count). The Morgan fingerprint density at radius 1 is 0.964 bits per heavy atom. The first-order valence-corrected chi connectivity index (χ1v) is 12.4. The second-order valence-electron chi connectivity index (χ2n) is 8.99. The lowest BCUT2D eigenvalue weighted by molar-refractivity contribution is -0.141. The maximum atomic E-state index is 13.3. The summed E-state index contributed by atoms with van der Waals surface area (Å²) < 4.78 is 26.2. The van der Waals surface area contributed by atoms with Crippen LogP contribution in [0.4, 0.5) is 4.79 Å². The highest BCUT2D eigenvalue weighted by atomic mass is 32.2. The van der Waals surface area contributed by atoms with Crippen molar-refractivity contribution in [2.24, 2.45) is 10.8 Å². The molecule has 1 atom stereocenters. The number of hydrogen-bond donors (Lipinski definition) is 0. The molecule has 4 heterocycles. The normalized spacial score (nSPS) is 30.9. The van der Waals surface area contributed by atoms with Crippen LogP contribution in [0.2, 0.25) is 0 Å². The zero-order valence-corrected chi connectivity index (χ0v) is 17.8. The quantitative estimate of drug-likeness (QED) is 0.672. The summed E-state index contributed by atoms with van der Waals surface area (Å²) in [6.45, 7) is 6.90. The van der Waals surface area contributed by atoms with E-state index in [0.29, 0.717) is 58.5 Å². The lowest BCUT2D eigenvalue weighted by atomic mass is 9.60. The van der Waals surface area contributed by atoms with Crippen molar-refractivity contribution >= 4 is 22.0 Å². The summed E-state index contributed by atoms with van der Waals surface area (Å²) >= 11 is 0. The third-order valence-electron chi connectivity index (χ3n) is 7.66. The molecule has 4 aliphatic rings. The zero-order valence-electron chi connectivity index (χ0n) is 17.0. The highest BCUT2D eigenvalue weighted by Crippen LogP contribution is 2.58. The number of urea groups is 1. The molecule has 0 aromatic rings. The van der Waals surface area contributed by atoms with Crippen LogP contribution in [0.15, 0.2) is 0 Å². The Labute approximate surface area is 167 Å². The molecule has 0 N–H and O–H groups in total. The molecular formula is C19H32N4O4S. The van der Waals surface area contributed by atoms with E-state index in [2.05, 4.69) is 0 Å². The van der Waals surface area contributed by atoms with Crippen LogP contribution in [0.3, 0.4) is 0 Å². The van der Waals surface area contributed by atoms with Crippen LogP contribution in [-0.4, -0.2) is 98.0 Å². The van der Waals surface area contributed by atoms with E-state index >= 15 is 0 Å². The second kappa shape index (κ2) is 6.86. The SMILES string of the molecule is CCN1CCC2(CN(S(C)(=O)=O)CC23CCN(C(=O)N2CCCC2)CC3)C1=O. The van der Waals surface area contributed by atoms with Gasteiger partial charge in [-0.3, -0.25) is 4.79 Å². The fraction of sp³-hybridized carbons (Fsp3) is 0.895. The van der Waals surface area contributed by atoms with E-state index in [1.165, 1.54) is 10.6 Å². The van der Waals surface area contributed by atoms with Gasteiger partial charge in [0, 0.05) is 57.8 Å². The molecule has 4 saturated heterocycles. The molecule has 2 spiro atoms. The molecular weight excluding hydrogens is 380 g/mol. The standard InChI is InChI=1S/C19H32N4O4S/c1-3-20-13-8-19(16(20)24)15-23(28(2,26)27)14-18(19)6-11-22(12-7-18)17(25)21-9-4-5-10-21/h3-15H2,1-2H3. The molecule has 4 fully saturated rings. The average molecular weight is 413 g/mol. The first-order valence-electron chi connectivity index (χ1n) is 10.5. The second-order valence-corrected chi connectivity index (χ2v) is 11.0. The minimum atomic E-state index is -3.36. The Kier molecular flexibility index (Phi) is 4.89. The molecule has 9 heteroatoms. The monoisotopic (exact) mass is 412 g/mol. The van der Waals surface area contributed by atoms with Gasteiger partial charge in [-0.25, -0.2) is 17.5 Å². The molecule has 158 valence electrons. The summed E-state index contributed by atoms with van der Waals surface area (Å²) in [7, 11) is -3.36. The number of amides is 3. The lowest BCUT2D eigenvalue weighted by Gasteiger charge is -2.47. The predicted molar refractivity (Wildman–Crippen MR) is 105 cm³/mol. The van der Waals surface area contributed by atoms with E-state index in [-0.39, 0.29) is 17.4 Å². The van der Waals surface area contributed by atoms with Gasteiger partial charge in [-0.1, -0.05) is 0 Å². The molecule has 4 aliphatic heterocycles. The van der Waals surface area contributed by atoms with E-state index in [9.17, 15) is 18.0 Å². The minimum absolute atomic E-state index is 0.104. The highest BCUT2D eigenvalue weighted by molar-refractivity contribution is 7.88. The topological polar surface area (TPSA) is 81.2 Å². The summed E-state index contributed by atoms with van der Waals surface area (Å²) in [4.78, 5) is 31.8. The van der Waals surface area contributed by atoms with Gasteiger partial charge in [0.1, 0.15) is 0 Å². The van der Waals surface area contributed by atoms with Gasteiger partial charge in [-0.15, -0.1) is 0 Å². The third kappa shape index (κ3) is 2.93. The van der Waals surface area contributed by atoms with Gasteiger partial charge in [0.05, 0.1) is 11.7 Å². The van der Waals surface area contributed by atoms with Crippen LogP contribution in [0, 0.1) is 10.8 Å². The summed E-state index contributed by atoms with van der Waals surface area (Å²) in [5.41, 5.74) is -0.992. The van der Waals surface area contributed by atoms with Crippen molar-refractivity contribution in [2.45, 2.75) is 39.0 Å². The molecule has 28 heavy (non-hydrogen) atoms. The first-order chi connectivity index (χ1) is 13.2. The largest absolute Gasteiger partial charge is 0.342 e. The van der Waals surface area contributed by atoms with Gasteiger partial charge in [-0.2, -0.15) is 0 Å². The van der Waals surface area contributed by atoms with E-state index in [0.717, 1.165) is 25.9 Å². The van der Waals surface area contributed by atoms with Crippen molar-refractivity contribution in [3.63, 3.8) is 0 Å². The van der Waals surface area contributed by atoms with E-state index in [4.69, 9.17) is 0 Å². The van der Waals surface area contributed by atoms with Crippen molar-refractivity contribution < 1.29 is 18.0 Å². The molecule has 8 nitrogen and oxygen atoms in total. The number of carbonyl (C=O) groups is 2. The van der Waals surface area contributed by atoms with Crippen LogP contribution in [0.1, 0.15) is 39.0 Å². The van der Waals surface area contributed by atoms with Gasteiger partial charge < -0.3 is 14.7 Å². The first kappa shape index (κ1) is 19.9. The van der Waals surface area contributed by atoms with Crippen molar-refractivity contribution in [3.8, 4) is 0 Å². The van der Waals surface area contributed by atoms with Gasteiger partial charge in [0.15, 0.2) is 0 Å². The lowest BCUT2D eigenvalue weighted by Crippen LogP contribution is -2.55. The molecule has 1 unspecified atom stereocenters. The summed E-state index contributed by atoms with van der Waals surface area (Å²) in [6.07, 6.45) is 5.48. The molecule has 0 saturated carbocycles. The van der Waals surface area contributed by atoms with Crippen molar-refractivity contribution in [2.75, 3.05) is 58.6 Å². The Balaban J connectivity index is 1.58. The number of carbonyl (C=O) groups excluding carboxylic acids is 2. The van der Waals surface area contributed by atoms with Gasteiger partial charge in [0.25, 0.3) is 0 Å². The smallest absolute Gasteiger partial charge is 0.319 e. The molecule has 0 aromatic heterocycles. The summed E-state index contributed by atoms with van der Waals surface area (Å²) in [5, 5.41) is 0.